The van der Waals surface area contributed by atoms with E-state index in [-0.39, 0.29) is 5.92 Å². The lowest BCUT2D eigenvalue weighted by atomic mass is 10.1. The lowest BCUT2D eigenvalue weighted by molar-refractivity contribution is -0.130. The Morgan fingerprint density at radius 1 is 1.56 bits per heavy atom. The fourth-order valence-electron chi connectivity index (χ4n) is 1.34. The normalized spacial score (nSPS) is 35.9. The van der Waals surface area contributed by atoms with Gasteiger partial charge in [0.2, 0.25) is 5.91 Å². The van der Waals surface area contributed by atoms with E-state index in [1.807, 2.05) is 18.9 Å². The third-order valence-electron chi connectivity index (χ3n) is 2.13. The molecule has 0 aromatic carbocycles. The second-order valence-electron chi connectivity index (χ2n) is 2.93. The van der Waals surface area contributed by atoms with Crippen LogP contribution in [-0.2, 0) is 4.79 Å². The minimum absolute atomic E-state index is 0.255. The molecule has 1 saturated heterocycles. The molecule has 0 unspecified atom stereocenters. The lowest BCUT2D eigenvalue weighted by Gasteiger charge is -2.13. The van der Waals surface area contributed by atoms with Gasteiger partial charge in [-0.3, -0.25) is 4.79 Å². The zero-order chi connectivity index (χ0) is 7.02. The number of hydrogen-bond donors (Lipinski definition) is 0. The van der Waals surface area contributed by atoms with Crippen LogP contribution in [0.25, 0.3) is 0 Å². The van der Waals surface area contributed by atoms with Crippen LogP contribution >= 0.6 is 0 Å². The van der Waals surface area contributed by atoms with Gasteiger partial charge in [0.25, 0.3) is 0 Å². The molecule has 1 rings (SSSR count). The molecule has 0 aromatic rings. The number of amides is 1. The second kappa shape index (κ2) is 2.01. The molecule has 52 valence electrons. The Morgan fingerprint density at radius 3 is 2.22 bits per heavy atom. The molecule has 0 bridgehead atoms. The summed E-state index contributed by atoms with van der Waals surface area (Å²) < 4.78 is 0. The van der Waals surface area contributed by atoms with E-state index >= 15 is 0 Å². The SMILES string of the molecule is C[C@@H]1C[C@H](C)N(C)C1=O. The predicted octanol–water partition coefficient (Wildman–Crippen LogP) is 0.873. The van der Waals surface area contributed by atoms with Gasteiger partial charge in [-0.05, 0) is 13.3 Å². The molecule has 1 heterocycles. The van der Waals surface area contributed by atoms with E-state index in [1.54, 1.807) is 0 Å². The van der Waals surface area contributed by atoms with Crippen LogP contribution in [0, 0.1) is 5.92 Å². The molecule has 2 nitrogen and oxygen atoms in total. The minimum atomic E-state index is 0.255. The first-order valence-corrected chi connectivity index (χ1v) is 3.39. The standard InChI is InChI=1S/C7H13NO/c1-5-4-6(2)8(3)7(5)9/h5-6H,4H2,1-3H3/t5-,6+/m1/s1. The molecule has 0 spiro atoms. The molecule has 0 N–H and O–H groups in total. The minimum Gasteiger partial charge on any atom is -0.343 e. The third-order valence-corrected chi connectivity index (χ3v) is 2.13. The van der Waals surface area contributed by atoms with Crippen LogP contribution in [0.3, 0.4) is 0 Å². The molecule has 0 aromatic heterocycles. The van der Waals surface area contributed by atoms with Crippen LogP contribution < -0.4 is 0 Å². The molecular weight excluding hydrogens is 114 g/mol. The molecule has 1 aliphatic rings. The van der Waals surface area contributed by atoms with E-state index in [2.05, 4.69) is 6.92 Å². The third kappa shape index (κ3) is 0.934. The second-order valence-corrected chi connectivity index (χ2v) is 2.93. The van der Waals surface area contributed by atoms with Gasteiger partial charge in [-0.1, -0.05) is 6.92 Å². The summed E-state index contributed by atoms with van der Waals surface area (Å²) >= 11 is 0. The van der Waals surface area contributed by atoms with Crippen LogP contribution in [0.4, 0.5) is 0 Å². The summed E-state index contributed by atoms with van der Waals surface area (Å²) in [5.41, 5.74) is 0. The van der Waals surface area contributed by atoms with Crippen molar-refractivity contribution in [3.63, 3.8) is 0 Å². The van der Waals surface area contributed by atoms with Crippen molar-refractivity contribution in [2.24, 2.45) is 5.92 Å². The Bertz CT molecular complexity index is 133. The monoisotopic (exact) mass is 127 g/mol. The maximum Gasteiger partial charge on any atom is 0.225 e. The zero-order valence-electron chi connectivity index (χ0n) is 6.22. The van der Waals surface area contributed by atoms with Crippen molar-refractivity contribution in [1.29, 1.82) is 0 Å². The Balaban J connectivity index is 2.65. The fraction of sp³-hybridized carbons (Fsp3) is 0.857. The molecule has 0 saturated carbocycles. The van der Waals surface area contributed by atoms with Gasteiger partial charge < -0.3 is 4.90 Å². The summed E-state index contributed by atoms with van der Waals surface area (Å²) in [6.07, 6.45) is 1.02. The number of nitrogens with zero attached hydrogens (tertiary/aromatic N) is 1. The highest BCUT2D eigenvalue weighted by atomic mass is 16.2. The summed E-state index contributed by atoms with van der Waals surface area (Å²) in [6, 6.07) is 0.451. The summed E-state index contributed by atoms with van der Waals surface area (Å²) in [7, 11) is 1.87. The van der Waals surface area contributed by atoms with Crippen molar-refractivity contribution in [3.05, 3.63) is 0 Å². The first-order chi connectivity index (χ1) is 4.13. The van der Waals surface area contributed by atoms with Gasteiger partial charge in [-0.15, -0.1) is 0 Å². The lowest BCUT2D eigenvalue weighted by Crippen LogP contribution is -2.26. The maximum atomic E-state index is 11.0. The van der Waals surface area contributed by atoms with Crippen molar-refractivity contribution in [1.82, 2.24) is 4.90 Å². The highest BCUT2D eigenvalue weighted by Crippen LogP contribution is 2.21. The maximum absolute atomic E-state index is 11.0. The van der Waals surface area contributed by atoms with E-state index in [0.717, 1.165) is 6.42 Å². The van der Waals surface area contributed by atoms with Crippen LogP contribution in [0.2, 0.25) is 0 Å². The predicted molar refractivity (Wildman–Crippen MR) is 36.0 cm³/mol. The van der Waals surface area contributed by atoms with E-state index in [9.17, 15) is 4.79 Å². The Kier molecular flexibility index (Phi) is 1.47. The number of likely N-dealkylation sites (tertiary alicyclic amines) is 1. The molecule has 0 aliphatic carbocycles. The van der Waals surface area contributed by atoms with Crippen LogP contribution in [0.5, 0.6) is 0 Å². The molecule has 0 radical (unpaired) electrons. The van der Waals surface area contributed by atoms with Crippen molar-refractivity contribution < 1.29 is 4.79 Å². The summed E-state index contributed by atoms with van der Waals surface area (Å²) in [5.74, 6) is 0.549. The summed E-state index contributed by atoms with van der Waals surface area (Å²) in [6.45, 7) is 4.07. The van der Waals surface area contributed by atoms with Gasteiger partial charge in [-0.25, -0.2) is 0 Å². The number of rotatable bonds is 0. The molecule has 2 heteroatoms. The van der Waals surface area contributed by atoms with Crippen molar-refractivity contribution in [3.8, 4) is 0 Å². The Labute approximate surface area is 55.8 Å². The van der Waals surface area contributed by atoms with Gasteiger partial charge in [0.15, 0.2) is 0 Å². The number of carbonyl (C=O) groups excluding carboxylic acids is 1. The molecule has 1 fully saturated rings. The van der Waals surface area contributed by atoms with Gasteiger partial charge in [-0.2, -0.15) is 0 Å². The average molecular weight is 127 g/mol. The molecule has 1 aliphatic heterocycles. The van der Waals surface area contributed by atoms with Crippen molar-refractivity contribution in [2.75, 3.05) is 7.05 Å². The van der Waals surface area contributed by atoms with E-state index in [4.69, 9.17) is 0 Å². The molecule has 2 atom stereocenters. The highest BCUT2D eigenvalue weighted by Gasteiger charge is 2.30. The molecule has 9 heavy (non-hydrogen) atoms. The van der Waals surface area contributed by atoms with E-state index < -0.39 is 0 Å². The zero-order valence-corrected chi connectivity index (χ0v) is 6.22. The van der Waals surface area contributed by atoms with E-state index in [0.29, 0.717) is 11.9 Å². The first kappa shape index (κ1) is 6.59. The topological polar surface area (TPSA) is 20.3 Å². The van der Waals surface area contributed by atoms with Crippen LogP contribution in [0.1, 0.15) is 20.3 Å². The van der Waals surface area contributed by atoms with Crippen LogP contribution in [0.15, 0.2) is 0 Å². The summed E-state index contributed by atoms with van der Waals surface area (Å²) in [5, 5.41) is 0. The van der Waals surface area contributed by atoms with E-state index in [1.165, 1.54) is 0 Å². The van der Waals surface area contributed by atoms with Gasteiger partial charge in [0, 0.05) is 19.0 Å². The van der Waals surface area contributed by atoms with Crippen LogP contribution in [-0.4, -0.2) is 23.9 Å². The largest absolute Gasteiger partial charge is 0.343 e. The van der Waals surface area contributed by atoms with Gasteiger partial charge >= 0.3 is 0 Å². The first-order valence-electron chi connectivity index (χ1n) is 3.39. The Hall–Kier alpha value is -0.530. The average Bonchev–Trinajstić information content (AvgIpc) is 1.98. The number of hydrogen-bond acceptors (Lipinski definition) is 1. The van der Waals surface area contributed by atoms with Gasteiger partial charge in [0.05, 0.1) is 0 Å². The molecule has 1 amide bonds. The fourth-order valence-corrected chi connectivity index (χ4v) is 1.34. The summed E-state index contributed by atoms with van der Waals surface area (Å²) in [4.78, 5) is 12.9. The van der Waals surface area contributed by atoms with Crippen molar-refractivity contribution >= 4 is 5.91 Å². The number of carbonyl (C=O) groups is 1. The highest BCUT2D eigenvalue weighted by molar-refractivity contribution is 5.80. The Morgan fingerprint density at radius 2 is 2.11 bits per heavy atom. The smallest absolute Gasteiger partial charge is 0.225 e. The van der Waals surface area contributed by atoms with Crippen molar-refractivity contribution in [2.45, 2.75) is 26.3 Å². The molecular formula is C7H13NO. The van der Waals surface area contributed by atoms with Gasteiger partial charge in [0.1, 0.15) is 0 Å². The quantitative estimate of drug-likeness (QED) is 0.473.